The molecular weight excluding hydrogens is 476 g/mol. The number of phenolic OH excluding ortho intramolecular Hbond substituents is 1. The summed E-state index contributed by atoms with van der Waals surface area (Å²) in [6.45, 7) is 1.21. The number of aliphatic hydroxyl groups excluding tert-OH is 1. The normalized spacial score (nSPS) is 34.9. The molecule has 0 unspecified atom stereocenters. The summed E-state index contributed by atoms with van der Waals surface area (Å²) in [7, 11) is 2.73. The van der Waals surface area contributed by atoms with E-state index in [9.17, 15) is 45.0 Å². The van der Waals surface area contributed by atoms with Gasteiger partial charge in [0.2, 0.25) is 0 Å². The molecule has 6 N–H and O–H groups in total. The summed E-state index contributed by atoms with van der Waals surface area (Å²) in [6, 6.07) is 2.30. The largest absolute Gasteiger partial charge is 2.00 e. The van der Waals surface area contributed by atoms with Crippen LogP contribution in [0.1, 0.15) is 18.1 Å². The molecule has 0 aliphatic heterocycles. The molecule has 0 spiro atoms. The van der Waals surface area contributed by atoms with Crippen molar-refractivity contribution in [2.24, 2.45) is 17.6 Å². The van der Waals surface area contributed by atoms with Crippen LogP contribution >= 0.6 is 0 Å². The van der Waals surface area contributed by atoms with Gasteiger partial charge in [0.15, 0.2) is 11.6 Å². The average Bonchev–Trinajstić information content (AvgIpc) is 2.70. The van der Waals surface area contributed by atoms with Gasteiger partial charge in [0.05, 0.1) is 23.3 Å². The Morgan fingerprint density at radius 2 is 1.76 bits per heavy atom. The first kappa shape index (κ1) is 26.6. The molecule has 0 aromatic heterocycles. The predicted octanol–water partition coefficient (Wildman–Crippen LogP) is -4.18. The van der Waals surface area contributed by atoms with E-state index in [4.69, 9.17) is 5.73 Å². The Labute approximate surface area is 223 Å². The van der Waals surface area contributed by atoms with Gasteiger partial charge >= 0.3 is 37.7 Å². The van der Waals surface area contributed by atoms with E-state index >= 15 is 0 Å². The van der Waals surface area contributed by atoms with E-state index in [-0.39, 0.29) is 43.3 Å². The van der Waals surface area contributed by atoms with Gasteiger partial charge in [-0.3, -0.25) is 19.3 Å². The van der Waals surface area contributed by atoms with Crippen LogP contribution < -0.4 is 15.9 Å². The van der Waals surface area contributed by atoms with E-state index in [1.165, 1.54) is 38.1 Å². The summed E-state index contributed by atoms with van der Waals surface area (Å²) in [5, 5.41) is 70.8. The van der Waals surface area contributed by atoms with Gasteiger partial charge < -0.3 is 36.4 Å². The fourth-order valence-electron chi connectivity index (χ4n) is 5.56. The minimum Gasteiger partial charge on any atom is -0.873 e. The number of hydrogen-bond acceptors (Lipinski definition) is 10. The number of Topliss-reactive ketones (excluding diaryl/α,β-unsaturated/α-hetero) is 2. The molecule has 3 aliphatic rings. The van der Waals surface area contributed by atoms with E-state index in [2.05, 4.69) is 0 Å². The number of aliphatic hydroxyl groups is 3. The Morgan fingerprint density at radius 3 is 2.29 bits per heavy atom. The van der Waals surface area contributed by atoms with Gasteiger partial charge in [0.1, 0.15) is 11.4 Å². The van der Waals surface area contributed by atoms with Gasteiger partial charge in [-0.15, -0.1) is 0 Å². The second-order valence-electron chi connectivity index (χ2n) is 9.02. The number of carbonyl (C=O) groups excluding carboxylic acids is 3. The number of aromatic hydroxyl groups is 1. The van der Waals surface area contributed by atoms with Crippen LogP contribution in [0, 0.1) is 11.8 Å². The SMILES string of the molecule is CN(C)[C@@H]1C(=O)C(C(N)=O)=C([O-])[C@]2(O)C(=O)C3=C([O-])c4c(O)cccc4[C@@](C)(O)[C@H]3[C@H](O)[C@@H]12.[Ca+2]. The number of amides is 1. The van der Waals surface area contributed by atoms with Crippen LogP contribution in [-0.4, -0.2) is 112 Å². The van der Waals surface area contributed by atoms with Gasteiger partial charge in [0, 0.05) is 23.0 Å². The van der Waals surface area contributed by atoms with Crippen molar-refractivity contribution in [1.29, 1.82) is 0 Å². The first-order chi connectivity index (χ1) is 15.2. The maximum atomic E-state index is 13.6. The third-order valence-electron chi connectivity index (χ3n) is 6.99. The third-order valence-corrected chi connectivity index (χ3v) is 6.99. The van der Waals surface area contributed by atoms with Crippen molar-refractivity contribution in [1.82, 2.24) is 4.90 Å². The fraction of sp³-hybridized carbons (Fsp3) is 0.409. The summed E-state index contributed by atoms with van der Waals surface area (Å²) >= 11 is 0. The number of carbonyl (C=O) groups is 3. The van der Waals surface area contributed by atoms with Crippen LogP contribution in [0.4, 0.5) is 0 Å². The van der Waals surface area contributed by atoms with E-state index < -0.39 is 86.6 Å². The summed E-state index contributed by atoms with van der Waals surface area (Å²) in [5.74, 6) is -10.8. The van der Waals surface area contributed by atoms with Crippen LogP contribution in [0.15, 0.2) is 35.1 Å². The zero-order valence-electron chi connectivity index (χ0n) is 18.6. The molecule has 3 aliphatic carbocycles. The monoisotopic (exact) mass is 498 g/mol. The third kappa shape index (κ3) is 3.12. The number of fused-ring (bicyclic) bond motifs is 3. The number of primary amides is 1. The molecule has 11 nitrogen and oxygen atoms in total. The second-order valence-corrected chi connectivity index (χ2v) is 9.02. The number of nitrogens with two attached hydrogens (primary N) is 1. The zero-order valence-corrected chi connectivity index (χ0v) is 20.8. The molecule has 1 aromatic carbocycles. The molecule has 1 amide bonds. The first-order valence-corrected chi connectivity index (χ1v) is 10.0. The Bertz CT molecular complexity index is 1190. The Kier molecular flexibility index (Phi) is 6.50. The maximum Gasteiger partial charge on any atom is 2.00 e. The molecule has 6 atom stereocenters. The summed E-state index contributed by atoms with van der Waals surface area (Å²) in [4.78, 5) is 39.7. The molecule has 1 aromatic rings. The van der Waals surface area contributed by atoms with Gasteiger partial charge in [-0.1, -0.05) is 23.7 Å². The maximum absolute atomic E-state index is 13.6. The van der Waals surface area contributed by atoms with Crippen molar-refractivity contribution in [2.45, 2.75) is 30.3 Å². The van der Waals surface area contributed by atoms with Gasteiger partial charge in [0.25, 0.3) is 5.91 Å². The number of nitrogens with zero attached hydrogens (tertiary/aromatic N) is 1. The topological polar surface area (TPSA) is 208 Å². The molecule has 12 heteroatoms. The minimum absolute atomic E-state index is 0. The van der Waals surface area contributed by atoms with Crippen molar-refractivity contribution in [3.63, 3.8) is 0 Å². The Balaban J connectivity index is 0.00000324. The minimum atomic E-state index is -3.17. The second kappa shape index (κ2) is 8.30. The first-order valence-electron chi connectivity index (χ1n) is 10.0. The van der Waals surface area contributed by atoms with Gasteiger partial charge in [-0.25, -0.2) is 0 Å². The van der Waals surface area contributed by atoms with Crippen molar-refractivity contribution in [3.05, 3.63) is 46.2 Å². The molecule has 176 valence electrons. The van der Waals surface area contributed by atoms with Crippen LogP contribution in [0.2, 0.25) is 0 Å². The Morgan fingerprint density at radius 1 is 1.18 bits per heavy atom. The number of hydrogen-bond donors (Lipinski definition) is 5. The van der Waals surface area contributed by atoms with Crippen LogP contribution in [0.25, 0.3) is 5.76 Å². The van der Waals surface area contributed by atoms with E-state index in [0.29, 0.717) is 0 Å². The standard InChI is InChI=1S/C22H24N2O9.Ca/c1-21(32)7-5-4-6-8(25)9(7)15(26)10-12(21)17(28)13-14(24(2)3)16(27)11(20(23)31)19(30)22(13,33)18(10)29;/h4-6,12-14,17,25-26,28,30,32-33H,1-3H3,(H2,23,31);/q;+2/p-2/t12-,13-,14+,17+,21-,22-;/m1./s1. The number of benzene rings is 1. The summed E-state index contributed by atoms with van der Waals surface area (Å²) < 4.78 is 0. The van der Waals surface area contributed by atoms with E-state index in [1.54, 1.807) is 0 Å². The predicted molar refractivity (Wildman–Crippen MR) is 112 cm³/mol. The van der Waals surface area contributed by atoms with Crippen molar-refractivity contribution < 1.29 is 45.0 Å². The van der Waals surface area contributed by atoms with Gasteiger partial charge in [-0.05, 0) is 32.6 Å². The van der Waals surface area contributed by atoms with E-state index in [0.717, 1.165) is 6.07 Å². The summed E-state index contributed by atoms with van der Waals surface area (Å²) in [5.41, 5.74) is -2.53. The molecule has 0 saturated heterocycles. The molecule has 1 saturated carbocycles. The molecule has 1 fully saturated rings. The smallest absolute Gasteiger partial charge is 0.873 e. The van der Waals surface area contributed by atoms with Gasteiger partial charge in [-0.2, -0.15) is 0 Å². The van der Waals surface area contributed by atoms with Crippen molar-refractivity contribution in [3.8, 4) is 5.75 Å². The molecule has 4 rings (SSSR count). The number of ketones is 2. The molecule has 0 radical (unpaired) electrons. The average molecular weight is 499 g/mol. The van der Waals surface area contributed by atoms with Crippen LogP contribution in [-0.2, 0) is 20.0 Å². The quantitative estimate of drug-likeness (QED) is 0.196. The van der Waals surface area contributed by atoms with Crippen molar-refractivity contribution >= 4 is 61.0 Å². The molecule has 0 heterocycles. The number of rotatable bonds is 2. The fourth-order valence-corrected chi connectivity index (χ4v) is 5.56. The van der Waals surface area contributed by atoms with Crippen LogP contribution in [0.3, 0.4) is 0 Å². The van der Waals surface area contributed by atoms with Crippen molar-refractivity contribution in [2.75, 3.05) is 14.1 Å². The van der Waals surface area contributed by atoms with E-state index in [1.807, 2.05) is 0 Å². The zero-order chi connectivity index (χ0) is 24.8. The number of phenols is 1. The van der Waals surface area contributed by atoms with Crippen LogP contribution in [0.5, 0.6) is 5.75 Å². The molecule has 0 bridgehead atoms. The molecular formula is C22H22CaN2O9. The summed E-state index contributed by atoms with van der Waals surface area (Å²) in [6.07, 6.45) is -1.95. The Hall–Kier alpha value is -1.99. The molecule has 34 heavy (non-hydrogen) atoms. The number of likely N-dealkylation sites (N-methyl/N-ethyl adjacent to an activating group) is 1.